The molecule has 1 N–H and O–H groups in total. The van der Waals surface area contributed by atoms with Crippen molar-refractivity contribution in [2.45, 2.75) is 56.3 Å². The minimum atomic E-state index is -4.75. The number of benzene rings is 3. The van der Waals surface area contributed by atoms with Gasteiger partial charge in [0.15, 0.2) is 5.16 Å². The molecular weight excluding hydrogens is 684 g/mol. The van der Waals surface area contributed by atoms with Crippen LogP contribution in [0.4, 0.5) is 29.5 Å². The minimum Gasteiger partial charge on any atom is -0.322 e. The molecule has 5 aromatic rings. The first-order valence-electron chi connectivity index (χ1n) is 15.8. The fourth-order valence-corrected chi connectivity index (χ4v) is 7.93. The SMILES string of the molecule is CC(C)(C)[C@@H]1CCc2c(sc(N=Cc3ccc(Sc4nc(-c5ccccc5)cc(C(F)(F)F)n4)c([N+](=O)[O-])c3)c2C(=O)Nc2ccccc2)C1. The summed E-state index contributed by atoms with van der Waals surface area (Å²) in [5, 5.41) is 15.4. The second kappa shape index (κ2) is 14.2. The van der Waals surface area contributed by atoms with E-state index in [1.807, 2.05) is 18.2 Å². The number of para-hydroxylation sites is 1. The van der Waals surface area contributed by atoms with Gasteiger partial charge in [0, 0.05) is 28.4 Å². The summed E-state index contributed by atoms with van der Waals surface area (Å²) in [5.41, 5.74) is 1.59. The van der Waals surface area contributed by atoms with E-state index in [1.54, 1.807) is 48.5 Å². The molecule has 0 spiro atoms. The molecule has 256 valence electrons. The second-order valence-electron chi connectivity index (χ2n) is 12.9. The first-order valence-corrected chi connectivity index (χ1v) is 17.4. The van der Waals surface area contributed by atoms with Gasteiger partial charge in [-0.1, -0.05) is 75.4 Å². The molecule has 0 aliphatic heterocycles. The predicted molar refractivity (Wildman–Crippen MR) is 191 cm³/mol. The van der Waals surface area contributed by atoms with Crippen LogP contribution in [0, 0.1) is 21.4 Å². The van der Waals surface area contributed by atoms with Crippen LogP contribution in [0.2, 0.25) is 0 Å². The summed E-state index contributed by atoms with van der Waals surface area (Å²) in [6.45, 7) is 6.65. The lowest BCUT2D eigenvalue weighted by molar-refractivity contribution is -0.387. The summed E-state index contributed by atoms with van der Waals surface area (Å²) in [6, 6.07) is 22.6. The number of carbonyl (C=O) groups is 1. The number of aromatic nitrogens is 2. The van der Waals surface area contributed by atoms with E-state index in [0.29, 0.717) is 45.1 Å². The zero-order valence-corrected chi connectivity index (χ0v) is 29.0. The van der Waals surface area contributed by atoms with Crippen LogP contribution in [0.15, 0.2) is 100.0 Å². The Morgan fingerprint density at radius 1 is 1.02 bits per heavy atom. The molecule has 1 aliphatic carbocycles. The van der Waals surface area contributed by atoms with Gasteiger partial charge < -0.3 is 5.32 Å². The van der Waals surface area contributed by atoms with Gasteiger partial charge in [0.2, 0.25) is 0 Å². The first-order chi connectivity index (χ1) is 23.8. The summed E-state index contributed by atoms with van der Waals surface area (Å²) in [6.07, 6.45) is -0.781. The molecule has 0 saturated heterocycles. The number of hydrogen-bond donors (Lipinski definition) is 1. The van der Waals surface area contributed by atoms with Crippen molar-refractivity contribution in [2.24, 2.45) is 16.3 Å². The van der Waals surface area contributed by atoms with Crippen LogP contribution in [0.3, 0.4) is 0 Å². The Balaban J connectivity index is 1.33. The number of halogens is 3. The third kappa shape index (κ3) is 7.95. The monoisotopic (exact) mass is 715 g/mol. The van der Waals surface area contributed by atoms with Gasteiger partial charge >= 0.3 is 6.18 Å². The highest BCUT2D eigenvalue weighted by Crippen LogP contribution is 2.46. The van der Waals surface area contributed by atoms with Crippen LogP contribution in [0.1, 0.15) is 59.2 Å². The quantitative estimate of drug-likeness (QED) is 0.0741. The number of nitrogens with one attached hydrogen (secondary N) is 1. The van der Waals surface area contributed by atoms with Crippen molar-refractivity contribution in [2.75, 3.05) is 5.32 Å². The standard InChI is InChI=1S/C37H32F3N5O3S2/c1-36(2,3)24-15-16-26-30(19-24)49-34(32(26)33(46)42-25-12-8-5-9-13-25)41-21-22-14-17-29(28(18-22)45(47)48)50-35-43-27(23-10-6-4-7-11-23)20-31(44-35)37(38,39)40/h4-14,17-18,20-21,24H,15-16,19H2,1-3H3,(H,42,46)/t24-/m1/s1. The van der Waals surface area contributed by atoms with Gasteiger partial charge in [0.05, 0.1) is 21.1 Å². The zero-order chi connectivity index (χ0) is 35.6. The number of alkyl halides is 3. The third-order valence-corrected chi connectivity index (χ3v) is 10.6. The van der Waals surface area contributed by atoms with Gasteiger partial charge in [0.1, 0.15) is 10.7 Å². The van der Waals surface area contributed by atoms with Crippen molar-refractivity contribution in [3.8, 4) is 11.3 Å². The van der Waals surface area contributed by atoms with E-state index in [9.17, 15) is 28.1 Å². The largest absolute Gasteiger partial charge is 0.433 e. The fourth-order valence-electron chi connectivity index (χ4n) is 5.80. The van der Waals surface area contributed by atoms with Crippen molar-refractivity contribution >= 4 is 51.6 Å². The minimum absolute atomic E-state index is 0.0430. The molecule has 2 aromatic heterocycles. The molecule has 1 aliphatic rings. The molecule has 3 aromatic carbocycles. The smallest absolute Gasteiger partial charge is 0.322 e. The highest BCUT2D eigenvalue weighted by Gasteiger charge is 2.35. The topological polar surface area (TPSA) is 110 Å². The van der Waals surface area contributed by atoms with Crippen LogP contribution in [-0.2, 0) is 19.0 Å². The fraction of sp³-hybridized carbons (Fsp3) is 0.243. The van der Waals surface area contributed by atoms with E-state index in [4.69, 9.17) is 0 Å². The molecular formula is C37H32F3N5O3S2. The number of carbonyl (C=O) groups excluding carboxylic acids is 1. The van der Waals surface area contributed by atoms with Crippen LogP contribution in [-0.4, -0.2) is 27.0 Å². The number of rotatable bonds is 8. The number of aliphatic imine (C=N–C) groups is 1. The molecule has 1 atom stereocenters. The molecule has 2 heterocycles. The van der Waals surface area contributed by atoms with Crippen molar-refractivity contribution < 1.29 is 22.9 Å². The molecule has 0 saturated carbocycles. The van der Waals surface area contributed by atoms with Gasteiger partial charge in [-0.25, -0.2) is 15.0 Å². The Morgan fingerprint density at radius 2 is 1.72 bits per heavy atom. The average Bonchev–Trinajstić information content (AvgIpc) is 3.45. The molecule has 13 heteroatoms. The van der Waals surface area contributed by atoms with E-state index in [2.05, 4.69) is 41.0 Å². The maximum absolute atomic E-state index is 13.8. The molecule has 50 heavy (non-hydrogen) atoms. The van der Waals surface area contributed by atoms with E-state index < -0.39 is 16.8 Å². The van der Waals surface area contributed by atoms with Crippen LogP contribution in [0.5, 0.6) is 0 Å². The summed E-state index contributed by atoms with van der Waals surface area (Å²) >= 11 is 2.13. The Kier molecular flexibility index (Phi) is 9.90. The van der Waals surface area contributed by atoms with E-state index in [1.165, 1.54) is 29.7 Å². The molecule has 6 rings (SSSR count). The number of nitro benzene ring substituents is 1. The van der Waals surface area contributed by atoms with Gasteiger partial charge in [-0.15, -0.1) is 11.3 Å². The molecule has 0 radical (unpaired) electrons. The number of anilines is 1. The van der Waals surface area contributed by atoms with Crippen LogP contribution < -0.4 is 5.32 Å². The summed E-state index contributed by atoms with van der Waals surface area (Å²) < 4.78 is 41.3. The number of nitrogens with zero attached hydrogens (tertiary/aromatic N) is 4. The Hall–Kier alpha value is -4.88. The lowest BCUT2D eigenvalue weighted by Gasteiger charge is -2.33. The van der Waals surface area contributed by atoms with Gasteiger partial charge in [-0.3, -0.25) is 14.9 Å². The van der Waals surface area contributed by atoms with Crippen LogP contribution in [0.25, 0.3) is 11.3 Å². The summed E-state index contributed by atoms with van der Waals surface area (Å²) in [4.78, 5) is 39.1. The predicted octanol–water partition coefficient (Wildman–Crippen LogP) is 10.4. The van der Waals surface area contributed by atoms with E-state index in [-0.39, 0.29) is 32.8 Å². The Morgan fingerprint density at radius 3 is 2.38 bits per heavy atom. The summed E-state index contributed by atoms with van der Waals surface area (Å²) in [7, 11) is 0. The lowest BCUT2D eigenvalue weighted by atomic mass is 9.72. The molecule has 8 nitrogen and oxygen atoms in total. The van der Waals surface area contributed by atoms with Crippen molar-refractivity contribution in [3.63, 3.8) is 0 Å². The maximum Gasteiger partial charge on any atom is 0.433 e. The second-order valence-corrected chi connectivity index (χ2v) is 15.0. The molecule has 1 amide bonds. The number of hydrogen-bond acceptors (Lipinski definition) is 8. The maximum atomic E-state index is 13.8. The van der Waals surface area contributed by atoms with E-state index in [0.717, 1.165) is 35.8 Å². The summed E-state index contributed by atoms with van der Waals surface area (Å²) in [5.74, 6) is 0.163. The third-order valence-electron chi connectivity index (χ3n) is 8.51. The number of thiophene rings is 1. The highest BCUT2D eigenvalue weighted by molar-refractivity contribution is 7.99. The lowest BCUT2D eigenvalue weighted by Crippen LogP contribution is -2.27. The van der Waals surface area contributed by atoms with Crippen LogP contribution >= 0.6 is 23.1 Å². The molecule has 0 bridgehead atoms. The highest BCUT2D eigenvalue weighted by atomic mass is 32.2. The molecule has 0 fully saturated rings. The van der Waals surface area contributed by atoms with Crippen molar-refractivity contribution in [1.82, 2.24) is 9.97 Å². The van der Waals surface area contributed by atoms with Gasteiger partial charge in [-0.05, 0) is 77.7 Å². The Bertz CT molecular complexity index is 2080. The van der Waals surface area contributed by atoms with Crippen molar-refractivity contribution in [1.29, 1.82) is 0 Å². The van der Waals surface area contributed by atoms with Gasteiger partial charge in [-0.2, -0.15) is 13.2 Å². The normalized spacial score (nSPS) is 14.8. The number of amides is 1. The molecule has 0 unspecified atom stereocenters. The van der Waals surface area contributed by atoms with Crippen molar-refractivity contribution in [3.05, 3.63) is 122 Å². The number of nitro groups is 1. The van der Waals surface area contributed by atoms with Gasteiger partial charge in [0.25, 0.3) is 11.6 Å². The number of fused-ring (bicyclic) bond motifs is 1. The first kappa shape index (κ1) is 35.0. The Labute approximate surface area is 295 Å². The zero-order valence-electron chi connectivity index (χ0n) is 27.3. The average molecular weight is 716 g/mol. The van der Waals surface area contributed by atoms with E-state index >= 15 is 0 Å².